The number of azo groups is 1. The number of aromatic nitrogens is 2. The molecule has 134 valence electrons. The van der Waals surface area contributed by atoms with Crippen molar-refractivity contribution < 1.29 is 5.11 Å². The van der Waals surface area contributed by atoms with E-state index in [0.717, 1.165) is 22.5 Å². The van der Waals surface area contributed by atoms with Crippen LogP contribution >= 0.6 is 0 Å². The second-order valence-electron chi connectivity index (χ2n) is 6.71. The molecular formula is C22H20N4O. The summed E-state index contributed by atoms with van der Waals surface area (Å²) in [5.74, 6) is 0.735. The summed E-state index contributed by atoms with van der Waals surface area (Å²) < 4.78 is 1.93. The Labute approximate surface area is 157 Å². The van der Waals surface area contributed by atoms with E-state index >= 15 is 0 Å². The summed E-state index contributed by atoms with van der Waals surface area (Å²) in [6.45, 7) is 6.20. The van der Waals surface area contributed by atoms with Gasteiger partial charge in [0.25, 0.3) is 0 Å². The molecule has 2 aromatic carbocycles. The van der Waals surface area contributed by atoms with Crippen LogP contribution < -0.4 is 0 Å². The van der Waals surface area contributed by atoms with Crippen LogP contribution in [0.3, 0.4) is 0 Å². The number of phenols is 1. The number of phenolic OH excluding ortho intramolecular Hbond substituents is 1. The van der Waals surface area contributed by atoms with E-state index in [0.29, 0.717) is 11.5 Å². The highest BCUT2D eigenvalue weighted by Gasteiger charge is 2.15. The van der Waals surface area contributed by atoms with Gasteiger partial charge in [0.1, 0.15) is 22.8 Å². The molecule has 0 aliphatic carbocycles. The molecular weight excluding hydrogens is 336 g/mol. The number of fused-ring (bicyclic) bond motifs is 1. The van der Waals surface area contributed by atoms with Gasteiger partial charge < -0.3 is 5.11 Å². The minimum atomic E-state index is 0.0963. The van der Waals surface area contributed by atoms with E-state index in [1.807, 2.05) is 35.7 Å². The van der Waals surface area contributed by atoms with Crippen LogP contribution in [0.15, 0.2) is 71.0 Å². The summed E-state index contributed by atoms with van der Waals surface area (Å²) in [5.41, 5.74) is 6.52. The van der Waals surface area contributed by atoms with E-state index in [4.69, 9.17) is 4.98 Å². The van der Waals surface area contributed by atoms with Crippen LogP contribution in [0.25, 0.3) is 16.9 Å². The van der Waals surface area contributed by atoms with Gasteiger partial charge in [0, 0.05) is 11.8 Å². The van der Waals surface area contributed by atoms with Crippen molar-refractivity contribution in [3.05, 3.63) is 77.5 Å². The van der Waals surface area contributed by atoms with Crippen molar-refractivity contribution in [3.63, 3.8) is 0 Å². The molecule has 0 fully saturated rings. The zero-order chi connectivity index (χ0) is 19.0. The van der Waals surface area contributed by atoms with Gasteiger partial charge in [-0.3, -0.25) is 4.40 Å². The van der Waals surface area contributed by atoms with Gasteiger partial charge >= 0.3 is 0 Å². The van der Waals surface area contributed by atoms with E-state index in [-0.39, 0.29) is 5.75 Å². The van der Waals surface area contributed by atoms with Crippen molar-refractivity contribution >= 4 is 17.2 Å². The molecule has 1 N–H and O–H groups in total. The van der Waals surface area contributed by atoms with Gasteiger partial charge in [-0.15, -0.1) is 10.2 Å². The largest absolute Gasteiger partial charge is 0.506 e. The van der Waals surface area contributed by atoms with E-state index in [9.17, 15) is 5.11 Å². The summed E-state index contributed by atoms with van der Waals surface area (Å²) in [4.78, 5) is 4.78. The fraction of sp³-hybridized carbons (Fsp3) is 0.136. The van der Waals surface area contributed by atoms with Gasteiger partial charge in [-0.05, 0) is 61.7 Å². The standard InChI is InChI=1S/C22H20N4O/c1-14-8-11-20-23-21(17-10-9-15(2)16(3)12-17)22(26(20)13-14)25-24-18-6-4-5-7-19(18)27/h4-13,27H,1-3H3. The molecule has 4 aromatic rings. The smallest absolute Gasteiger partial charge is 0.187 e. The van der Waals surface area contributed by atoms with Crippen molar-refractivity contribution in [1.29, 1.82) is 0 Å². The normalized spacial score (nSPS) is 11.5. The number of hydrogen-bond donors (Lipinski definition) is 1. The molecule has 0 radical (unpaired) electrons. The monoisotopic (exact) mass is 356 g/mol. The van der Waals surface area contributed by atoms with Crippen LogP contribution in [0, 0.1) is 20.8 Å². The summed E-state index contributed by atoms with van der Waals surface area (Å²) in [7, 11) is 0. The zero-order valence-electron chi connectivity index (χ0n) is 15.5. The molecule has 0 unspecified atom stereocenters. The topological polar surface area (TPSA) is 62.2 Å². The number of rotatable bonds is 3. The minimum Gasteiger partial charge on any atom is -0.506 e. The Morgan fingerprint density at radius 3 is 2.48 bits per heavy atom. The molecule has 0 spiro atoms. The molecule has 0 saturated heterocycles. The van der Waals surface area contributed by atoms with Crippen molar-refractivity contribution in [2.45, 2.75) is 20.8 Å². The molecule has 2 heterocycles. The number of pyridine rings is 1. The van der Waals surface area contributed by atoms with Crippen LogP contribution in [0.4, 0.5) is 11.5 Å². The third kappa shape index (κ3) is 3.19. The third-order valence-corrected chi connectivity index (χ3v) is 4.66. The molecule has 0 bridgehead atoms. The lowest BCUT2D eigenvalue weighted by Crippen LogP contribution is -1.85. The highest BCUT2D eigenvalue weighted by molar-refractivity contribution is 5.75. The number of imidazole rings is 1. The second-order valence-corrected chi connectivity index (χ2v) is 6.71. The van der Waals surface area contributed by atoms with Gasteiger partial charge in [0.2, 0.25) is 0 Å². The van der Waals surface area contributed by atoms with Crippen molar-refractivity contribution in [2.24, 2.45) is 10.2 Å². The van der Waals surface area contributed by atoms with Gasteiger partial charge in [-0.1, -0.05) is 30.3 Å². The Hall–Kier alpha value is -3.47. The summed E-state index contributed by atoms with van der Waals surface area (Å²) in [6.07, 6.45) is 1.99. The predicted molar refractivity (Wildman–Crippen MR) is 107 cm³/mol. The van der Waals surface area contributed by atoms with Crippen LogP contribution in [0.2, 0.25) is 0 Å². The first-order valence-electron chi connectivity index (χ1n) is 8.79. The lowest BCUT2D eigenvalue weighted by atomic mass is 10.0. The molecule has 0 atom stereocenters. The Bertz CT molecular complexity index is 1170. The molecule has 0 aliphatic heterocycles. The Morgan fingerprint density at radius 2 is 1.70 bits per heavy atom. The fourth-order valence-corrected chi connectivity index (χ4v) is 2.97. The predicted octanol–water partition coefficient (Wildman–Crippen LogP) is 6.05. The van der Waals surface area contributed by atoms with Gasteiger partial charge in [-0.2, -0.15) is 0 Å². The van der Waals surface area contributed by atoms with E-state index in [1.54, 1.807) is 18.2 Å². The molecule has 5 nitrogen and oxygen atoms in total. The van der Waals surface area contributed by atoms with E-state index in [2.05, 4.69) is 42.3 Å². The lowest BCUT2D eigenvalue weighted by molar-refractivity contribution is 0.476. The average molecular weight is 356 g/mol. The first-order valence-corrected chi connectivity index (χ1v) is 8.79. The highest BCUT2D eigenvalue weighted by Crippen LogP contribution is 2.34. The Morgan fingerprint density at radius 1 is 0.889 bits per heavy atom. The van der Waals surface area contributed by atoms with Crippen LogP contribution in [0.5, 0.6) is 5.75 Å². The SMILES string of the molecule is Cc1ccc2nc(-c3ccc(C)c(C)c3)c(N=Nc3ccccc3O)n2c1. The van der Waals surface area contributed by atoms with E-state index < -0.39 is 0 Å². The number of nitrogens with zero attached hydrogens (tertiary/aromatic N) is 4. The zero-order valence-corrected chi connectivity index (χ0v) is 15.5. The van der Waals surface area contributed by atoms with Gasteiger partial charge in [-0.25, -0.2) is 4.98 Å². The Balaban J connectivity index is 1.92. The Kier molecular flexibility index (Phi) is 4.20. The number of benzene rings is 2. The van der Waals surface area contributed by atoms with Crippen molar-refractivity contribution in [3.8, 4) is 17.0 Å². The molecule has 4 rings (SSSR count). The minimum absolute atomic E-state index is 0.0963. The fourth-order valence-electron chi connectivity index (χ4n) is 2.97. The number of hydrogen-bond acceptors (Lipinski definition) is 4. The number of para-hydroxylation sites is 1. The maximum atomic E-state index is 9.97. The average Bonchev–Trinajstić information content (AvgIpc) is 3.01. The van der Waals surface area contributed by atoms with Crippen molar-refractivity contribution in [1.82, 2.24) is 9.38 Å². The summed E-state index contributed by atoms with van der Waals surface area (Å²) >= 11 is 0. The van der Waals surface area contributed by atoms with Crippen LogP contribution in [-0.2, 0) is 0 Å². The molecule has 27 heavy (non-hydrogen) atoms. The third-order valence-electron chi connectivity index (χ3n) is 4.66. The van der Waals surface area contributed by atoms with Crippen molar-refractivity contribution in [2.75, 3.05) is 0 Å². The first kappa shape index (κ1) is 17.0. The maximum Gasteiger partial charge on any atom is 0.187 e. The number of aromatic hydroxyl groups is 1. The summed E-state index contributed by atoms with van der Waals surface area (Å²) in [5, 5.41) is 18.7. The number of aryl methyl sites for hydroxylation is 3. The highest BCUT2D eigenvalue weighted by atomic mass is 16.3. The maximum absolute atomic E-state index is 9.97. The molecule has 5 heteroatoms. The van der Waals surface area contributed by atoms with Gasteiger partial charge in [0.15, 0.2) is 5.82 Å². The quantitative estimate of drug-likeness (QED) is 0.454. The molecule has 0 saturated carbocycles. The lowest BCUT2D eigenvalue weighted by Gasteiger charge is -2.04. The van der Waals surface area contributed by atoms with Gasteiger partial charge in [0.05, 0.1) is 0 Å². The van der Waals surface area contributed by atoms with E-state index in [1.165, 1.54) is 11.1 Å². The summed E-state index contributed by atoms with van der Waals surface area (Å²) in [6, 6.07) is 17.1. The molecule has 0 aliphatic rings. The van der Waals surface area contributed by atoms with Crippen LogP contribution in [-0.4, -0.2) is 14.5 Å². The second kappa shape index (κ2) is 6.68. The molecule has 0 amide bonds. The first-order chi connectivity index (χ1) is 13.0. The van der Waals surface area contributed by atoms with Crippen LogP contribution in [0.1, 0.15) is 16.7 Å². The molecule has 2 aromatic heterocycles.